The van der Waals surface area contributed by atoms with Crippen molar-refractivity contribution in [2.45, 2.75) is 19.3 Å². The summed E-state index contributed by atoms with van der Waals surface area (Å²) < 4.78 is 1.78. The van der Waals surface area contributed by atoms with Gasteiger partial charge in [-0.2, -0.15) is 0 Å². The summed E-state index contributed by atoms with van der Waals surface area (Å²) in [6, 6.07) is 14.2. The van der Waals surface area contributed by atoms with E-state index in [1.54, 1.807) is 4.68 Å². The Balaban J connectivity index is 1.69. The van der Waals surface area contributed by atoms with Crippen molar-refractivity contribution in [3.05, 3.63) is 59.8 Å². The monoisotopic (exact) mass is 276 g/mol. The highest BCUT2D eigenvalue weighted by atomic mass is 15.4. The average Bonchev–Trinajstić information content (AvgIpc) is 3.16. The molecule has 0 bridgehead atoms. The lowest BCUT2D eigenvalue weighted by molar-refractivity contribution is 0.804. The first kappa shape index (κ1) is 12.1. The summed E-state index contributed by atoms with van der Waals surface area (Å²) in [7, 11) is 0. The first-order valence-corrected chi connectivity index (χ1v) is 7.20. The smallest absolute Gasteiger partial charge is 0.113 e. The molecule has 2 aromatic carbocycles. The zero-order chi connectivity index (χ0) is 14.2. The minimum absolute atomic E-state index is 0.748. The second-order valence-corrected chi connectivity index (χ2v) is 5.48. The van der Waals surface area contributed by atoms with Crippen molar-refractivity contribution in [3.63, 3.8) is 0 Å². The number of fused-ring (bicyclic) bond motifs is 1. The van der Waals surface area contributed by atoms with E-state index in [-0.39, 0.29) is 0 Å². The second kappa shape index (κ2) is 4.74. The molecule has 0 unspecified atom stereocenters. The molecular formula is C17H16N4. The van der Waals surface area contributed by atoms with Gasteiger partial charge < -0.3 is 5.73 Å². The van der Waals surface area contributed by atoms with Crippen LogP contribution in [0.3, 0.4) is 0 Å². The third-order valence-electron chi connectivity index (χ3n) is 4.05. The summed E-state index contributed by atoms with van der Waals surface area (Å²) >= 11 is 0. The van der Waals surface area contributed by atoms with E-state index in [4.69, 9.17) is 5.73 Å². The van der Waals surface area contributed by atoms with Gasteiger partial charge in [-0.15, -0.1) is 5.10 Å². The van der Waals surface area contributed by atoms with E-state index in [9.17, 15) is 0 Å². The van der Waals surface area contributed by atoms with Gasteiger partial charge in [-0.05, 0) is 60.7 Å². The number of nitrogens with zero attached hydrogens (tertiary/aromatic N) is 3. The summed E-state index contributed by atoms with van der Waals surface area (Å²) in [5.41, 5.74) is 12.4. The highest BCUT2D eigenvalue weighted by Crippen LogP contribution is 2.27. The van der Waals surface area contributed by atoms with E-state index < -0.39 is 0 Å². The van der Waals surface area contributed by atoms with Gasteiger partial charge in [0.2, 0.25) is 0 Å². The van der Waals surface area contributed by atoms with E-state index in [0.717, 1.165) is 22.6 Å². The highest BCUT2D eigenvalue weighted by Gasteiger charge is 2.13. The molecule has 0 aliphatic heterocycles. The van der Waals surface area contributed by atoms with Gasteiger partial charge in [-0.25, -0.2) is 4.68 Å². The number of rotatable bonds is 2. The molecular weight excluding hydrogens is 260 g/mol. The summed E-state index contributed by atoms with van der Waals surface area (Å²) in [4.78, 5) is 0. The zero-order valence-corrected chi connectivity index (χ0v) is 11.7. The summed E-state index contributed by atoms with van der Waals surface area (Å²) in [5.74, 6) is 0. The fraction of sp³-hybridized carbons (Fsp3) is 0.176. The highest BCUT2D eigenvalue weighted by molar-refractivity contribution is 5.61. The standard InChI is InChI=1S/C17H16N4/c18-15-6-8-16(9-7-15)21-11-17(19-20-21)14-5-4-12-2-1-3-13(12)10-14/h4-11H,1-3,18H2. The van der Waals surface area contributed by atoms with Crippen LogP contribution in [0.2, 0.25) is 0 Å². The summed E-state index contributed by atoms with van der Waals surface area (Å²) in [5, 5.41) is 8.50. The SMILES string of the molecule is Nc1ccc(-n2cc(-c3ccc4c(c3)CCC4)nn2)cc1. The van der Waals surface area contributed by atoms with Crippen LogP contribution in [0.4, 0.5) is 5.69 Å². The number of hydrogen-bond donors (Lipinski definition) is 1. The molecule has 104 valence electrons. The third-order valence-corrected chi connectivity index (χ3v) is 4.05. The lowest BCUT2D eigenvalue weighted by Crippen LogP contribution is -1.95. The van der Waals surface area contributed by atoms with Crippen molar-refractivity contribution >= 4 is 5.69 Å². The molecule has 1 aliphatic carbocycles. The zero-order valence-electron chi connectivity index (χ0n) is 11.7. The molecule has 0 fully saturated rings. The van der Waals surface area contributed by atoms with Crippen molar-refractivity contribution in [2.24, 2.45) is 0 Å². The molecule has 0 saturated carbocycles. The van der Waals surface area contributed by atoms with Crippen LogP contribution in [0.5, 0.6) is 0 Å². The lowest BCUT2D eigenvalue weighted by atomic mass is 10.0. The van der Waals surface area contributed by atoms with Crippen LogP contribution in [-0.2, 0) is 12.8 Å². The summed E-state index contributed by atoms with van der Waals surface area (Å²) in [6.45, 7) is 0. The van der Waals surface area contributed by atoms with Gasteiger partial charge in [0, 0.05) is 11.3 Å². The maximum atomic E-state index is 5.71. The van der Waals surface area contributed by atoms with E-state index >= 15 is 0 Å². The molecule has 4 heteroatoms. The van der Waals surface area contributed by atoms with Crippen molar-refractivity contribution in [3.8, 4) is 16.9 Å². The van der Waals surface area contributed by atoms with Gasteiger partial charge in [-0.1, -0.05) is 17.3 Å². The number of nitrogen functional groups attached to an aromatic ring is 1. The molecule has 2 N–H and O–H groups in total. The van der Waals surface area contributed by atoms with Crippen molar-refractivity contribution in [1.29, 1.82) is 0 Å². The van der Waals surface area contributed by atoms with Gasteiger partial charge in [0.25, 0.3) is 0 Å². The van der Waals surface area contributed by atoms with Crippen LogP contribution in [0.15, 0.2) is 48.7 Å². The average molecular weight is 276 g/mol. The first-order chi connectivity index (χ1) is 10.3. The Hall–Kier alpha value is -2.62. The van der Waals surface area contributed by atoms with Gasteiger partial charge in [0.1, 0.15) is 5.69 Å². The molecule has 1 heterocycles. The van der Waals surface area contributed by atoms with Crippen molar-refractivity contribution in [1.82, 2.24) is 15.0 Å². The van der Waals surface area contributed by atoms with E-state index in [0.29, 0.717) is 0 Å². The van der Waals surface area contributed by atoms with Crippen LogP contribution in [0.1, 0.15) is 17.5 Å². The minimum Gasteiger partial charge on any atom is -0.399 e. The van der Waals surface area contributed by atoms with E-state index in [1.807, 2.05) is 30.5 Å². The molecule has 1 aromatic heterocycles. The Morgan fingerprint density at radius 1 is 0.952 bits per heavy atom. The van der Waals surface area contributed by atoms with Gasteiger partial charge >= 0.3 is 0 Å². The predicted octanol–water partition coefficient (Wildman–Crippen LogP) is 3.01. The maximum absolute atomic E-state index is 5.71. The fourth-order valence-electron chi connectivity index (χ4n) is 2.88. The molecule has 0 saturated heterocycles. The predicted molar refractivity (Wildman–Crippen MR) is 83.2 cm³/mol. The topological polar surface area (TPSA) is 56.7 Å². The van der Waals surface area contributed by atoms with Crippen LogP contribution in [0.25, 0.3) is 16.9 Å². The molecule has 4 nitrogen and oxygen atoms in total. The number of aryl methyl sites for hydroxylation is 2. The van der Waals surface area contributed by atoms with Crippen LogP contribution >= 0.6 is 0 Å². The van der Waals surface area contributed by atoms with Gasteiger partial charge in [-0.3, -0.25) is 0 Å². The molecule has 0 atom stereocenters. The number of nitrogens with two attached hydrogens (primary N) is 1. The summed E-state index contributed by atoms with van der Waals surface area (Å²) in [6.07, 6.45) is 5.60. The second-order valence-electron chi connectivity index (χ2n) is 5.48. The molecule has 3 aromatic rings. The third kappa shape index (κ3) is 2.18. The number of hydrogen-bond acceptors (Lipinski definition) is 3. The van der Waals surface area contributed by atoms with Crippen molar-refractivity contribution in [2.75, 3.05) is 5.73 Å². The van der Waals surface area contributed by atoms with Crippen LogP contribution in [-0.4, -0.2) is 15.0 Å². The van der Waals surface area contributed by atoms with Crippen LogP contribution < -0.4 is 5.73 Å². The Kier molecular flexibility index (Phi) is 2.74. The molecule has 1 aliphatic rings. The number of aromatic nitrogens is 3. The number of benzene rings is 2. The molecule has 0 radical (unpaired) electrons. The quantitative estimate of drug-likeness (QED) is 0.732. The molecule has 0 amide bonds. The Morgan fingerprint density at radius 2 is 1.76 bits per heavy atom. The van der Waals surface area contributed by atoms with Crippen molar-refractivity contribution < 1.29 is 0 Å². The normalized spacial score (nSPS) is 13.3. The van der Waals surface area contributed by atoms with Crippen LogP contribution in [0, 0.1) is 0 Å². The first-order valence-electron chi connectivity index (χ1n) is 7.20. The largest absolute Gasteiger partial charge is 0.399 e. The fourth-order valence-corrected chi connectivity index (χ4v) is 2.88. The number of anilines is 1. The lowest BCUT2D eigenvalue weighted by Gasteiger charge is -2.02. The molecule has 0 spiro atoms. The van der Waals surface area contributed by atoms with Gasteiger partial charge in [0.05, 0.1) is 11.9 Å². The van der Waals surface area contributed by atoms with E-state index in [2.05, 4.69) is 28.5 Å². The van der Waals surface area contributed by atoms with Gasteiger partial charge in [0.15, 0.2) is 0 Å². The maximum Gasteiger partial charge on any atom is 0.113 e. The molecule has 4 rings (SSSR count). The Bertz CT molecular complexity index is 787. The molecule has 21 heavy (non-hydrogen) atoms. The van der Waals surface area contributed by atoms with E-state index in [1.165, 1.54) is 30.4 Å². The Labute approximate surface area is 123 Å². The Morgan fingerprint density at radius 3 is 2.62 bits per heavy atom. The minimum atomic E-state index is 0.748.